The van der Waals surface area contributed by atoms with Crippen molar-refractivity contribution in [3.8, 4) is 0 Å². The topological polar surface area (TPSA) is 49.2 Å². The van der Waals surface area contributed by atoms with Crippen LogP contribution < -0.4 is 4.90 Å². The molecule has 2 rings (SSSR count). The molecule has 0 radical (unpaired) electrons. The highest BCUT2D eigenvalue weighted by molar-refractivity contribution is 5.36. The molecule has 16 heavy (non-hydrogen) atoms. The van der Waals surface area contributed by atoms with Crippen molar-refractivity contribution in [1.29, 1.82) is 0 Å². The highest BCUT2D eigenvalue weighted by Crippen LogP contribution is 2.30. The highest BCUT2D eigenvalue weighted by atomic mass is 16.3. The Kier molecular flexibility index (Phi) is 3.72. The minimum Gasteiger partial charge on any atom is -0.390 e. The van der Waals surface area contributed by atoms with Gasteiger partial charge in [0.15, 0.2) is 0 Å². The van der Waals surface area contributed by atoms with Crippen LogP contribution in [0, 0.1) is 5.92 Å². The lowest BCUT2D eigenvalue weighted by atomic mass is 10.3. The van der Waals surface area contributed by atoms with Crippen LogP contribution in [0.4, 0.5) is 5.82 Å². The Bertz CT molecular complexity index is 339. The van der Waals surface area contributed by atoms with Gasteiger partial charge in [0.05, 0.1) is 24.7 Å². The second-order valence-electron chi connectivity index (χ2n) is 4.42. The minimum atomic E-state index is -0.0375. The van der Waals surface area contributed by atoms with Crippen LogP contribution in [0.25, 0.3) is 0 Å². The van der Waals surface area contributed by atoms with E-state index < -0.39 is 0 Å². The summed E-state index contributed by atoms with van der Waals surface area (Å²) in [6.07, 6.45) is 7.19. The Morgan fingerprint density at radius 2 is 2.25 bits per heavy atom. The van der Waals surface area contributed by atoms with Crippen molar-refractivity contribution in [3.05, 3.63) is 18.1 Å². The van der Waals surface area contributed by atoms with E-state index in [1.807, 2.05) is 0 Å². The third-order valence-electron chi connectivity index (χ3n) is 2.83. The maximum absolute atomic E-state index is 9.05. The molecule has 1 aromatic rings. The second-order valence-corrected chi connectivity index (χ2v) is 4.42. The Labute approximate surface area is 96.3 Å². The summed E-state index contributed by atoms with van der Waals surface area (Å²) >= 11 is 0. The molecule has 1 N–H and O–H groups in total. The van der Waals surface area contributed by atoms with Crippen molar-refractivity contribution in [2.24, 2.45) is 5.92 Å². The number of aliphatic hydroxyl groups is 1. The van der Waals surface area contributed by atoms with E-state index in [2.05, 4.69) is 21.8 Å². The Balaban J connectivity index is 2.08. The smallest absolute Gasteiger partial charge is 0.147 e. The van der Waals surface area contributed by atoms with Gasteiger partial charge in [0.1, 0.15) is 5.82 Å². The minimum absolute atomic E-state index is 0.0375. The zero-order valence-electron chi connectivity index (χ0n) is 9.76. The molecule has 0 saturated heterocycles. The zero-order valence-corrected chi connectivity index (χ0v) is 9.76. The Morgan fingerprint density at radius 1 is 1.44 bits per heavy atom. The molecule has 1 fully saturated rings. The van der Waals surface area contributed by atoms with Crippen LogP contribution in [-0.2, 0) is 6.61 Å². The summed E-state index contributed by atoms with van der Waals surface area (Å²) in [7, 11) is 0. The van der Waals surface area contributed by atoms with Gasteiger partial charge in [0.25, 0.3) is 0 Å². The summed E-state index contributed by atoms with van der Waals surface area (Å²) in [5, 5.41) is 9.05. The second kappa shape index (κ2) is 5.25. The van der Waals surface area contributed by atoms with Gasteiger partial charge in [-0.3, -0.25) is 4.98 Å². The zero-order chi connectivity index (χ0) is 11.4. The number of hydrogen-bond donors (Lipinski definition) is 1. The standard InChI is InChI=1S/C12H19N3O/c1-2-5-15(8-10-3-4-10)12-7-13-6-11(9-16)14-12/h6-7,10,16H,2-5,8-9H2,1H3. The monoisotopic (exact) mass is 221 g/mol. The molecule has 1 aliphatic carbocycles. The maximum atomic E-state index is 9.05. The summed E-state index contributed by atoms with van der Waals surface area (Å²) in [6.45, 7) is 4.23. The summed E-state index contributed by atoms with van der Waals surface area (Å²) in [4.78, 5) is 10.8. The molecule has 1 saturated carbocycles. The van der Waals surface area contributed by atoms with E-state index >= 15 is 0 Å². The molecule has 4 heteroatoms. The average Bonchev–Trinajstić information content (AvgIpc) is 3.12. The van der Waals surface area contributed by atoms with Gasteiger partial charge in [0, 0.05) is 13.1 Å². The first-order valence-electron chi connectivity index (χ1n) is 6.00. The first-order chi connectivity index (χ1) is 7.83. The predicted octanol–water partition coefficient (Wildman–Crippen LogP) is 1.60. The molecule has 0 aromatic carbocycles. The number of hydrogen-bond acceptors (Lipinski definition) is 4. The third-order valence-corrected chi connectivity index (χ3v) is 2.83. The van der Waals surface area contributed by atoms with Gasteiger partial charge in [-0.15, -0.1) is 0 Å². The largest absolute Gasteiger partial charge is 0.390 e. The Morgan fingerprint density at radius 3 is 2.88 bits per heavy atom. The van der Waals surface area contributed by atoms with Crippen molar-refractivity contribution < 1.29 is 5.11 Å². The predicted molar refractivity (Wildman–Crippen MR) is 63.2 cm³/mol. The molecule has 1 aromatic heterocycles. The van der Waals surface area contributed by atoms with Crippen molar-refractivity contribution in [3.63, 3.8) is 0 Å². The van der Waals surface area contributed by atoms with Gasteiger partial charge >= 0.3 is 0 Å². The van der Waals surface area contributed by atoms with Crippen molar-refractivity contribution in [1.82, 2.24) is 9.97 Å². The lowest BCUT2D eigenvalue weighted by Crippen LogP contribution is -2.27. The van der Waals surface area contributed by atoms with Gasteiger partial charge < -0.3 is 10.0 Å². The molecule has 0 aliphatic heterocycles. The van der Waals surface area contributed by atoms with Gasteiger partial charge in [-0.2, -0.15) is 0 Å². The summed E-state index contributed by atoms with van der Waals surface area (Å²) < 4.78 is 0. The van der Waals surface area contributed by atoms with Gasteiger partial charge in [-0.25, -0.2) is 4.98 Å². The van der Waals surface area contributed by atoms with Crippen molar-refractivity contribution >= 4 is 5.82 Å². The summed E-state index contributed by atoms with van der Waals surface area (Å²) in [6, 6.07) is 0. The fourth-order valence-corrected chi connectivity index (χ4v) is 1.80. The molecule has 88 valence electrons. The van der Waals surface area contributed by atoms with E-state index in [1.54, 1.807) is 12.4 Å². The number of nitrogens with zero attached hydrogens (tertiary/aromatic N) is 3. The molecule has 0 amide bonds. The molecule has 0 unspecified atom stereocenters. The van der Waals surface area contributed by atoms with Crippen LogP contribution in [0.3, 0.4) is 0 Å². The van der Waals surface area contributed by atoms with E-state index in [0.717, 1.165) is 31.2 Å². The molecule has 0 bridgehead atoms. The van der Waals surface area contributed by atoms with Crippen molar-refractivity contribution in [2.75, 3.05) is 18.0 Å². The van der Waals surface area contributed by atoms with Crippen LogP contribution in [0.5, 0.6) is 0 Å². The van der Waals surface area contributed by atoms with E-state index in [9.17, 15) is 0 Å². The fourth-order valence-electron chi connectivity index (χ4n) is 1.80. The number of aliphatic hydroxyl groups excluding tert-OH is 1. The normalized spacial score (nSPS) is 15.1. The van der Waals surface area contributed by atoms with E-state index in [0.29, 0.717) is 5.69 Å². The Hall–Kier alpha value is -1.16. The van der Waals surface area contributed by atoms with Crippen molar-refractivity contribution in [2.45, 2.75) is 32.8 Å². The van der Waals surface area contributed by atoms with Crippen LogP contribution in [0.2, 0.25) is 0 Å². The molecule has 1 heterocycles. The first kappa shape index (κ1) is 11.3. The lowest BCUT2D eigenvalue weighted by molar-refractivity contribution is 0.276. The maximum Gasteiger partial charge on any atom is 0.147 e. The molecular weight excluding hydrogens is 202 g/mol. The fraction of sp³-hybridized carbons (Fsp3) is 0.667. The highest BCUT2D eigenvalue weighted by Gasteiger charge is 2.24. The van der Waals surface area contributed by atoms with E-state index in [1.165, 1.54) is 12.8 Å². The van der Waals surface area contributed by atoms with Crippen LogP contribution in [0.1, 0.15) is 31.9 Å². The SMILES string of the molecule is CCCN(CC1CC1)c1cncc(CO)n1. The van der Waals surface area contributed by atoms with Gasteiger partial charge in [-0.1, -0.05) is 6.92 Å². The number of aromatic nitrogens is 2. The van der Waals surface area contributed by atoms with Gasteiger partial charge in [0.2, 0.25) is 0 Å². The summed E-state index contributed by atoms with van der Waals surface area (Å²) in [5.74, 6) is 1.74. The number of rotatable bonds is 6. The molecule has 1 aliphatic rings. The quantitative estimate of drug-likeness (QED) is 0.792. The first-order valence-corrected chi connectivity index (χ1v) is 6.00. The third kappa shape index (κ3) is 2.92. The lowest BCUT2D eigenvalue weighted by Gasteiger charge is -2.22. The van der Waals surface area contributed by atoms with Crippen LogP contribution in [-0.4, -0.2) is 28.2 Å². The molecular formula is C12H19N3O. The van der Waals surface area contributed by atoms with E-state index in [4.69, 9.17) is 5.11 Å². The molecule has 4 nitrogen and oxygen atoms in total. The van der Waals surface area contributed by atoms with Crippen LogP contribution >= 0.6 is 0 Å². The molecule has 0 spiro atoms. The number of anilines is 1. The van der Waals surface area contributed by atoms with Gasteiger partial charge in [-0.05, 0) is 25.2 Å². The van der Waals surface area contributed by atoms with Crippen LogP contribution in [0.15, 0.2) is 12.4 Å². The molecule has 0 atom stereocenters. The summed E-state index contributed by atoms with van der Waals surface area (Å²) in [5.41, 5.74) is 0.648. The average molecular weight is 221 g/mol. The van der Waals surface area contributed by atoms with E-state index in [-0.39, 0.29) is 6.61 Å².